The number of ether oxygens (including phenoxy) is 2. The molecule has 1 aliphatic heterocycles. The van der Waals surface area contributed by atoms with Crippen molar-refractivity contribution in [2.45, 2.75) is 39.7 Å². The first-order valence-electron chi connectivity index (χ1n) is 8.34. The predicted octanol–water partition coefficient (Wildman–Crippen LogP) is 2.06. The number of carbonyl (C=O) groups excluding carboxylic acids is 1. The highest BCUT2D eigenvalue weighted by Crippen LogP contribution is 2.16. The van der Waals surface area contributed by atoms with Crippen LogP contribution in [0.2, 0.25) is 0 Å². The summed E-state index contributed by atoms with van der Waals surface area (Å²) in [5.41, 5.74) is -0.478. The van der Waals surface area contributed by atoms with E-state index in [-0.39, 0.29) is 24.0 Å². The van der Waals surface area contributed by atoms with E-state index in [1.165, 1.54) is 0 Å². The molecule has 0 aromatic heterocycles. The van der Waals surface area contributed by atoms with E-state index in [0.717, 1.165) is 38.6 Å². The Balaban J connectivity index is 0.00000529. The molecule has 1 amide bonds. The van der Waals surface area contributed by atoms with Crippen LogP contribution >= 0.6 is 24.0 Å². The molecule has 0 aromatic carbocycles. The number of alkyl carbamates (subject to hydrolysis) is 1. The molecular formula is C16H33IN4O3. The van der Waals surface area contributed by atoms with E-state index in [4.69, 9.17) is 9.47 Å². The Morgan fingerprint density at radius 1 is 1.33 bits per heavy atom. The fourth-order valence-corrected chi connectivity index (χ4v) is 2.46. The number of hydrogen-bond acceptors (Lipinski definition) is 4. The first-order valence-corrected chi connectivity index (χ1v) is 8.34. The molecule has 2 N–H and O–H groups in total. The highest BCUT2D eigenvalue weighted by Gasteiger charge is 2.24. The van der Waals surface area contributed by atoms with Crippen LogP contribution in [0.4, 0.5) is 4.79 Å². The number of nitrogens with zero attached hydrogens (tertiary/aromatic N) is 2. The Morgan fingerprint density at radius 2 is 2.04 bits per heavy atom. The molecule has 8 heteroatoms. The van der Waals surface area contributed by atoms with E-state index in [1.54, 1.807) is 7.11 Å². The summed E-state index contributed by atoms with van der Waals surface area (Å²) >= 11 is 0. The molecular weight excluding hydrogens is 423 g/mol. The lowest BCUT2D eigenvalue weighted by Gasteiger charge is -2.22. The standard InChI is InChI=1S/C16H32N4O3.HI/c1-6-17-14(20-10-7-13(11-20)12-22-5)18-8-9-19-15(21)23-16(2,3)4;/h13H,6-12H2,1-5H3,(H,17,18)(H,19,21);1H. The van der Waals surface area contributed by atoms with Crippen LogP contribution in [0.5, 0.6) is 0 Å². The van der Waals surface area contributed by atoms with Crippen LogP contribution in [0.25, 0.3) is 0 Å². The second-order valence-electron chi connectivity index (χ2n) is 6.72. The van der Waals surface area contributed by atoms with Gasteiger partial charge in [-0.2, -0.15) is 0 Å². The number of likely N-dealkylation sites (tertiary alicyclic amines) is 1. The lowest BCUT2D eigenvalue weighted by Crippen LogP contribution is -2.41. The molecule has 24 heavy (non-hydrogen) atoms. The van der Waals surface area contributed by atoms with Gasteiger partial charge in [-0.1, -0.05) is 0 Å². The molecule has 0 aliphatic carbocycles. The van der Waals surface area contributed by atoms with Crippen molar-refractivity contribution in [3.05, 3.63) is 0 Å². The molecule has 0 radical (unpaired) electrons. The Hall–Kier alpha value is -0.770. The van der Waals surface area contributed by atoms with Gasteiger partial charge >= 0.3 is 6.09 Å². The van der Waals surface area contributed by atoms with Gasteiger partial charge in [0.25, 0.3) is 0 Å². The molecule has 1 unspecified atom stereocenters. The number of methoxy groups -OCH3 is 1. The van der Waals surface area contributed by atoms with Gasteiger partial charge in [0.2, 0.25) is 0 Å². The summed E-state index contributed by atoms with van der Waals surface area (Å²) in [6, 6.07) is 0. The van der Waals surface area contributed by atoms with E-state index in [0.29, 0.717) is 19.0 Å². The molecule has 1 saturated heterocycles. The van der Waals surface area contributed by atoms with Crippen LogP contribution in [0.15, 0.2) is 4.99 Å². The van der Waals surface area contributed by atoms with Crippen LogP contribution in [-0.2, 0) is 9.47 Å². The number of nitrogens with one attached hydrogen (secondary N) is 2. The Bertz CT molecular complexity index is 399. The molecule has 0 saturated carbocycles. The van der Waals surface area contributed by atoms with Gasteiger partial charge in [-0.15, -0.1) is 24.0 Å². The van der Waals surface area contributed by atoms with Crippen molar-refractivity contribution in [2.24, 2.45) is 10.9 Å². The van der Waals surface area contributed by atoms with Gasteiger partial charge in [0.05, 0.1) is 13.2 Å². The smallest absolute Gasteiger partial charge is 0.407 e. The molecule has 0 aromatic rings. The molecule has 7 nitrogen and oxygen atoms in total. The molecule has 1 fully saturated rings. The molecule has 0 bridgehead atoms. The van der Waals surface area contributed by atoms with Crippen LogP contribution in [0.3, 0.4) is 0 Å². The van der Waals surface area contributed by atoms with Gasteiger partial charge in [-0.25, -0.2) is 4.79 Å². The van der Waals surface area contributed by atoms with E-state index in [1.807, 2.05) is 20.8 Å². The zero-order valence-electron chi connectivity index (χ0n) is 15.6. The molecule has 1 rings (SSSR count). The Kier molecular flexibility index (Phi) is 11.4. The molecule has 1 aliphatic rings. The van der Waals surface area contributed by atoms with Crippen molar-refractivity contribution in [1.82, 2.24) is 15.5 Å². The van der Waals surface area contributed by atoms with E-state index in [9.17, 15) is 4.79 Å². The number of amides is 1. The molecule has 0 spiro atoms. The maximum absolute atomic E-state index is 11.6. The topological polar surface area (TPSA) is 75.2 Å². The fraction of sp³-hybridized carbons (Fsp3) is 0.875. The fourth-order valence-electron chi connectivity index (χ4n) is 2.46. The number of hydrogen-bond donors (Lipinski definition) is 2. The van der Waals surface area contributed by atoms with Crippen molar-refractivity contribution in [3.63, 3.8) is 0 Å². The third-order valence-electron chi connectivity index (χ3n) is 3.36. The minimum Gasteiger partial charge on any atom is -0.444 e. The van der Waals surface area contributed by atoms with Gasteiger partial charge in [0, 0.05) is 39.2 Å². The number of guanidine groups is 1. The van der Waals surface area contributed by atoms with Gasteiger partial charge in [-0.05, 0) is 34.1 Å². The number of rotatable bonds is 6. The third-order valence-corrected chi connectivity index (χ3v) is 3.36. The average molecular weight is 456 g/mol. The zero-order chi connectivity index (χ0) is 17.3. The lowest BCUT2D eigenvalue weighted by molar-refractivity contribution is 0.0529. The van der Waals surface area contributed by atoms with Crippen molar-refractivity contribution in [2.75, 3.05) is 46.4 Å². The number of aliphatic imine (C=N–C) groups is 1. The van der Waals surface area contributed by atoms with Gasteiger partial charge in [0.15, 0.2) is 5.96 Å². The SMILES string of the molecule is CCNC(=NCCNC(=O)OC(C)(C)C)N1CCC(COC)C1.I. The first-order chi connectivity index (χ1) is 10.9. The maximum Gasteiger partial charge on any atom is 0.407 e. The third kappa shape index (κ3) is 9.51. The molecule has 1 atom stereocenters. The van der Waals surface area contributed by atoms with Gasteiger partial charge < -0.3 is 25.0 Å². The average Bonchev–Trinajstić information content (AvgIpc) is 2.89. The summed E-state index contributed by atoms with van der Waals surface area (Å²) in [6.45, 7) is 12.1. The second-order valence-corrected chi connectivity index (χ2v) is 6.72. The summed E-state index contributed by atoms with van der Waals surface area (Å²) in [7, 11) is 1.74. The maximum atomic E-state index is 11.6. The zero-order valence-corrected chi connectivity index (χ0v) is 17.9. The first kappa shape index (κ1) is 23.2. The largest absolute Gasteiger partial charge is 0.444 e. The number of halogens is 1. The minimum atomic E-state index is -0.478. The molecule has 1 heterocycles. The second kappa shape index (κ2) is 11.7. The van der Waals surface area contributed by atoms with Gasteiger partial charge in [-0.3, -0.25) is 4.99 Å². The molecule has 142 valence electrons. The number of carbonyl (C=O) groups is 1. The Morgan fingerprint density at radius 3 is 2.62 bits per heavy atom. The van der Waals surface area contributed by atoms with Crippen LogP contribution < -0.4 is 10.6 Å². The lowest BCUT2D eigenvalue weighted by atomic mass is 10.1. The van der Waals surface area contributed by atoms with E-state index in [2.05, 4.69) is 27.4 Å². The summed E-state index contributed by atoms with van der Waals surface area (Å²) < 4.78 is 10.4. The van der Waals surface area contributed by atoms with Gasteiger partial charge in [0.1, 0.15) is 5.60 Å². The van der Waals surface area contributed by atoms with Crippen LogP contribution in [-0.4, -0.2) is 69.0 Å². The van der Waals surface area contributed by atoms with Crippen LogP contribution in [0.1, 0.15) is 34.1 Å². The van der Waals surface area contributed by atoms with Crippen LogP contribution in [0, 0.1) is 5.92 Å². The highest BCUT2D eigenvalue weighted by atomic mass is 127. The minimum absolute atomic E-state index is 0. The Labute approximate surface area is 162 Å². The summed E-state index contributed by atoms with van der Waals surface area (Å²) in [5, 5.41) is 6.03. The van der Waals surface area contributed by atoms with E-state index >= 15 is 0 Å². The van der Waals surface area contributed by atoms with Crippen molar-refractivity contribution in [1.29, 1.82) is 0 Å². The van der Waals surface area contributed by atoms with E-state index < -0.39 is 11.7 Å². The van der Waals surface area contributed by atoms with Crippen molar-refractivity contribution < 1.29 is 14.3 Å². The predicted molar refractivity (Wildman–Crippen MR) is 107 cm³/mol. The highest BCUT2D eigenvalue weighted by molar-refractivity contribution is 14.0. The summed E-state index contributed by atoms with van der Waals surface area (Å²) in [4.78, 5) is 18.4. The summed E-state index contributed by atoms with van der Waals surface area (Å²) in [6.07, 6.45) is 0.716. The normalized spacial score (nSPS) is 18.1. The monoisotopic (exact) mass is 456 g/mol. The summed E-state index contributed by atoms with van der Waals surface area (Å²) in [5.74, 6) is 1.46. The van der Waals surface area contributed by atoms with Crippen molar-refractivity contribution in [3.8, 4) is 0 Å². The quantitative estimate of drug-likeness (QED) is 0.277. The van der Waals surface area contributed by atoms with Crippen molar-refractivity contribution >= 4 is 36.0 Å².